The number of rotatable bonds is 2. The summed E-state index contributed by atoms with van der Waals surface area (Å²) in [5, 5.41) is 0. The van der Waals surface area contributed by atoms with Gasteiger partial charge in [-0.1, -0.05) is 19.9 Å². The molecule has 1 rings (SSSR count). The van der Waals surface area contributed by atoms with Gasteiger partial charge in [0.25, 0.3) is 0 Å². The predicted octanol–water partition coefficient (Wildman–Crippen LogP) is 2.21. The molecule has 1 aliphatic heterocycles. The summed E-state index contributed by atoms with van der Waals surface area (Å²) in [5.74, 6) is 0.962. The van der Waals surface area contributed by atoms with Gasteiger partial charge in [0.2, 0.25) is 5.91 Å². The van der Waals surface area contributed by atoms with Gasteiger partial charge < -0.3 is 4.90 Å². The molecule has 0 spiro atoms. The highest BCUT2D eigenvalue weighted by molar-refractivity contribution is 5.92. The summed E-state index contributed by atoms with van der Waals surface area (Å²) in [6, 6.07) is 0. The first-order valence-corrected chi connectivity index (χ1v) is 5.10. The molecular formula is C11H19NO. The van der Waals surface area contributed by atoms with Crippen molar-refractivity contribution in [2.24, 2.45) is 5.92 Å². The van der Waals surface area contributed by atoms with E-state index in [2.05, 4.69) is 13.5 Å². The Hall–Kier alpha value is -0.790. The maximum absolute atomic E-state index is 11.5. The van der Waals surface area contributed by atoms with E-state index in [1.165, 1.54) is 6.42 Å². The third-order valence-corrected chi connectivity index (χ3v) is 2.84. The van der Waals surface area contributed by atoms with E-state index in [9.17, 15) is 4.79 Å². The van der Waals surface area contributed by atoms with Gasteiger partial charge in [0.1, 0.15) is 0 Å². The Bertz CT molecular complexity index is 202. The molecule has 0 aromatic heterocycles. The fraction of sp³-hybridized carbons (Fsp3) is 0.727. The Morgan fingerprint density at radius 2 is 2.00 bits per heavy atom. The second-order valence-corrected chi connectivity index (χ2v) is 3.92. The van der Waals surface area contributed by atoms with Crippen molar-refractivity contribution < 1.29 is 4.79 Å². The number of nitrogens with zero attached hydrogens (tertiary/aromatic N) is 1. The molecule has 2 heteroatoms. The van der Waals surface area contributed by atoms with Crippen molar-refractivity contribution in [3.05, 3.63) is 12.2 Å². The molecule has 0 unspecified atom stereocenters. The van der Waals surface area contributed by atoms with Crippen molar-refractivity contribution in [1.82, 2.24) is 4.90 Å². The smallest absolute Gasteiger partial charge is 0.248 e. The Labute approximate surface area is 80.6 Å². The molecule has 1 amide bonds. The summed E-state index contributed by atoms with van der Waals surface area (Å²) in [4.78, 5) is 13.4. The third-order valence-electron chi connectivity index (χ3n) is 2.84. The van der Waals surface area contributed by atoms with Gasteiger partial charge in [0.05, 0.1) is 0 Å². The Morgan fingerprint density at radius 1 is 1.46 bits per heavy atom. The molecule has 0 aromatic carbocycles. The molecule has 1 fully saturated rings. The zero-order valence-electron chi connectivity index (χ0n) is 8.68. The molecule has 0 radical (unpaired) electrons. The second kappa shape index (κ2) is 4.45. The highest BCUT2D eigenvalue weighted by Crippen LogP contribution is 2.20. The van der Waals surface area contributed by atoms with Crippen LogP contribution in [0.4, 0.5) is 0 Å². The standard InChI is InChI=1S/C11H19NO/c1-4-10-5-7-12(8-6-10)11(13)9(2)3/h10H,2,4-8H2,1,3H3. The maximum atomic E-state index is 11.5. The van der Waals surface area contributed by atoms with Gasteiger partial charge in [0.15, 0.2) is 0 Å². The van der Waals surface area contributed by atoms with Crippen LogP contribution < -0.4 is 0 Å². The zero-order valence-corrected chi connectivity index (χ0v) is 8.68. The van der Waals surface area contributed by atoms with Gasteiger partial charge in [-0.05, 0) is 25.7 Å². The van der Waals surface area contributed by atoms with Crippen molar-refractivity contribution in [2.45, 2.75) is 33.1 Å². The molecule has 2 nitrogen and oxygen atoms in total. The van der Waals surface area contributed by atoms with Crippen LogP contribution in [-0.2, 0) is 4.79 Å². The number of carbonyl (C=O) groups excluding carboxylic acids is 1. The number of carbonyl (C=O) groups is 1. The van der Waals surface area contributed by atoms with Crippen molar-refractivity contribution in [1.29, 1.82) is 0 Å². The molecule has 74 valence electrons. The average Bonchev–Trinajstić information content (AvgIpc) is 2.17. The van der Waals surface area contributed by atoms with Crippen LogP contribution in [0.3, 0.4) is 0 Å². The number of piperidine rings is 1. The van der Waals surface area contributed by atoms with Crippen LogP contribution >= 0.6 is 0 Å². The van der Waals surface area contributed by atoms with Crippen LogP contribution in [0, 0.1) is 5.92 Å². The van der Waals surface area contributed by atoms with Crippen molar-refractivity contribution in [3.8, 4) is 0 Å². The largest absolute Gasteiger partial charge is 0.339 e. The van der Waals surface area contributed by atoms with E-state index >= 15 is 0 Å². The van der Waals surface area contributed by atoms with Gasteiger partial charge in [-0.25, -0.2) is 0 Å². The van der Waals surface area contributed by atoms with Crippen molar-refractivity contribution in [3.63, 3.8) is 0 Å². The monoisotopic (exact) mass is 181 g/mol. The fourth-order valence-electron chi connectivity index (χ4n) is 1.81. The quantitative estimate of drug-likeness (QED) is 0.598. The van der Waals surface area contributed by atoms with Gasteiger partial charge in [0, 0.05) is 18.7 Å². The lowest BCUT2D eigenvalue weighted by atomic mass is 9.94. The van der Waals surface area contributed by atoms with E-state index in [1.54, 1.807) is 6.92 Å². The molecule has 13 heavy (non-hydrogen) atoms. The first-order chi connectivity index (χ1) is 6.15. The van der Waals surface area contributed by atoms with Gasteiger partial charge in [-0.15, -0.1) is 0 Å². The minimum atomic E-state index is 0.134. The summed E-state index contributed by atoms with van der Waals surface area (Å²) in [6.45, 7) is 9.53. The molecule has 0 atom stereocenters. The van der Waals surface area contributed by atoms with Gasteiger partial charge in [-0.2, -0.15) is 0 Å². The van der Waals surface area contributed by atoms with Gasteiger partial charge >= 0.3 is 0 Å². The lowest BCUT2D eigenvalue weighted by Gasteiger charge is -2.31. The molecule has 1 aliphatic rings. The van der Waals surface area contributed by atoms with Gasteiger partial charge in [-0.3, -0.25) is 4.79 Å². The van der Waals surface area contributed by atoms with Crippen LogP contribution in [0.5, 0.6) is 0 Å². The normalized spacial score (nSPS) is 18.8. The molecule has 0 aromatic rings. The fourth-order valence-corrected chi connectivity index (χ4v) is 1.81. The molecule has 1 heterocycles. The van der Waals surface area contributed by atoms with E-state index in [4.69, 9.17) is 0 Å². The summed E-state index contributed by atoms with van der Waals surface area (Å²) in [6.07, 6.45) is 3.57. The first-order valence-electron chi connectivity index (χ1n) is 5.10. The summed E-state index contributed by atoms with van der Waals surface area (Å²) in [5.41, 5.74) is 0.662. The minimum Gasteiger partial charge on any atom is -0.339 e. The zero-order chi connectivity index (χ0) is 9.84. The molecule has 0 bridgehead atoms. The van der Waals surface area contributed by atoms with Crippen LogP contribution in [0.15, 0.2) is 12.2 Å². The first kappa shape index (κ1) is 10.3. The summed E-state index contributed by atoms with van der Waals surface area (Å²) < 4.78 is 0. The van der Waals surface area contributed by atoms with Crippen LogP contribution in [0.25, 0.3) is 0 Å². The molecule has 0 aliphatic carbocycles. The summed E-state index contributed by atoms with van der Waals surface area (Å²) in [7, 11) is 0. The number of hydrogen-bond donors (Lipinski definition) is 0. The predicted molar refractivity (Wildman–Crippen MR) is 54.4 cm³/mol. The number of likely N-dealkylation sites (tertiary alicyclic amines) is 1. The molecule has 1 saturated heterocycles. The van der Waals surface area contributed by atoms with E-state index in [0.29, 0.717) is 5.57 Å². The SMILES string of the molecule is C=C(C)C(=O)N1CCC(CC)CC1. The number of amides is 1. The van der Waals surface area contributed by atoms with E-state index in [0.717, 1.165) is 31.8 Å². The van der Waals surface area contributed by atoms with Crippen LogP contribution in [0.2, 0.25) is 0 Å². The van der Waals surface area contributed by atoms with E-state index < -0.39 is 0 Å². The van der Waals surface area contributed by atoms with Crippen LogP contribution in [0.1, 0.15) is 33.1 Å². The average molecular weight is 181 g/mol. The molecular weight excluding hydrogens is 162 g/mol. The Morgan fingerprint density at radius 3 is 2.38 bits per heavy atom. The third kappa shape index (κ3) is 2.58. The maximum Gasteiger partial charge on any atom is 0.248 e. The highest BCUT2D eigenvalue weighted by Gasteiger charge is 2.21. The second-order valence-electron chi connectivity index (χ2n) is 3.92. The van der Waals surface area contributed by atoms with Crippen molar-refractivity contribution in [2.75, 3.05) is 13.1 Å². The topological polar surface area (TPSA) is 20.3 Å². The lowest BCUT2D eigenvalue weighted by molar-refractivity contribution is -0.128. The molecule has 0 N–H and O–H groups in total. The number of hydrogen-bond acceptors (Lipinski definition) is 1. The molecule has 0 saturated carbocycles. The lowest BCUT2D eigenvalue weighted by Crippen LogP contribution is -2.38. The Balaban J connectivity index is 2.41. The summed E-state index contributed by atoms with van der Waals surface area (Å²) >= 11 is 0. The highest BCUT2D eigenvalue weighted by atomic mass is 16.2. The minimum absolute atomic E-state index is 0.134. The van der Waals surface area contributed by atoms with Crippen molar-refractivity contribution >= 4 is 5.91 Å². The van der Waals surface area contributed by atoms with Crippen LogP contribution in [-0.4, -0.2) is 23.9 Å². The Kier molecular flexibility index (Phi) is 3.52. The van der Waals surface area contributed by atoms with E-state index in [1.807, 2.05) is 4.90 Å². The van der Waals surface area contributed by atoms with E-state index in [-0.39, 0.29) is 5.91 Å².